The van der Waals surface area contributed by atoms with Crippen molar-refractivity contribution in [3.8, 4) is 11.5 Å². The number of hydrogen-bond donors (Lipinski definition) is 2. The molecule has 0 aliphatic heterocycles. The Labute approximate surface area is 139 Å². The molecular formula is C16H19ClN2O4. The maximum atomic E-state index is 12.1. The van der Waals surface area contributed by atoms with Gasteiger partial charge in [-0.3, -0.25) is 4.79 Å². The first-order chi connectivity index (χ1) is 11.1. The predicted octanol–water partition coefficient (Wildman–Crippen LogP) is 2.73. The van der Waals surface area contributed by atoms with E-state index in [-0.39, 0.29) is 12.5 Å². The lowest BCUT2D eigenvalue weighted by molar-refractivity contribution is 0.0950. The first-order valence-electron chi connectivity index (χ1n) is 7.13. The Morgan fingerprint density at radius 2 is 2.17 bits per heavy atom. The van der Waals surface area contributed by atoms with Crippen LogP contribution in [0.1, 0.15) is 28.6 Å². The molecule has 3 N–H and O–H groups in total. The fourth-order valence-corrected chi connectivity index (χ4v) is 2.34. The number of rotatable bonds is 7. The number of hydrogen-bond acceptors (Lipinski definition) is 5. The van der Waals surface area contributed by atoms with Gasteiger partial charge < -0.3 is 24.9 Å². The number of ether oxygens (including phenoxy) is 2. The molecule has 2 aromatic rings. The van der Waals surface area contributed by atoms with Crippen molar-refractivity contribution in [1.82, 2.24) is 5.32 Å². The molecule has 0 aliphatic carbocycles. The zero-order valence-corrected chi connectivity index (χ0v) is 13.8. The molecular weight excluding hydrogens is 320 g/mol. The monoisotopic (exact) mass is 338 g/mol. The molecule has 1 aromatic carbocycles. The highest BCUT2D eigenvalue weighted by molar-refractivity contribution is 6.32. The Kier molecular flexibility index (Phi) is 5.90. The van der Waals surface area contributed by atoms with Gasteiger partial charge in [0, 0.05) is 6.54 Å². The summed E-state index contributed by atoms with van der Waals surface area (Å²) in [5.74, 6) is 1.32. The van der Waals surface area contributed by atoms with Crippen molar-refractivity contribution >= 4 is 17.5 Å². The molecule has 0 fully saturated rings. The Hall–Kier alpha value is -2.18. The summed E-state index contributed by atoms with van der Waals surface area (Å²) >= 11 is 6.20. The average molecular weight is 339 g/mol. The van der Waals surface area contributed by atoms with Gasteiger partial charge in [0.2, 0.25) is 0 Å². The Balaban J connectivity index is 2.08. The standard InChI is InChI=1S/C16H19ClN2O4/c1-3-22-15-13(17)4-10(5-14(15)21-2)8-19-16(20)11-6-12(7-18)23-9-11/h4-6,9H,3,7-8,18H2,1-2H3,(H,19,20). The number of carbonyl (C=O) groups excluding carboxylic acids is 1. The van der Waals surface area contributed by atoms with E-state index in [4.69, 9.17) is 31.2 Å². The number of carbonyl (C=O) groups is 1. The average Bonchev–Trinajstić information content (AvgIpc) is 3.04. The number of methoxy groups -OCH3 is 1. The Morgan fingerprint density at radius 3 is 2.78 bits per heavy atom. The van der Waals surface area contributed by atoms with Gasteiger partial charge in [-0.25, -0.2) is 0 Å². The van der Waals surface area contributed by atoms with E-state index in [9.17, 15) is 4.79 Å². The third-order valence-corrected chi connectivity index (χ3v) is 3.43. The lowest BCUT2D eigenvalue weighted by Gasteiger charge is -2.13. The van der Waals surface area contributed by atoms with Gasteiger partial charge in [0.1, 0.15) is 12.0 Å². The Bertz CT molecular complexity index is 685. The highest BCUT2D eigenvalue weighted by atomic mass is 35.5. The van der Waals surface area contributed by atoms with Gasteiger partial charge in [-0.15, -0.1) is 0 Å². The van der Waals surface area contributed by atoms with E-state index in [1.165, 1.54) is 13.4 Å². The van der Waals surface area contributed by atoms with Crippen molar-refractivity contribution in [2.24, 2.45) is 5.73 Å². The van der Waals surface area contributed by atoms with Crippen LogP contribution in [0.25, 0.3) is 0 Å². The van der Waals surface area contributed by atoms with Crippen LogP contribution in [-0.2, 0) is 13.1 Å². The van der Waals surface area contributed by atoms with Crippen LogP contribution in [0.2, 0.25) is 5.02 Å². The largest absolute Gasteiger partial charge is 0.493 e. The second kappa shape index (κ2) is 7.89. The van der Waals surface area contributed by atoms with Gasteiger partial charge in [0.05, 0.1) is 30.8 Å². The molecule has 0 saturated heterocycles. The molecule has 7 heteroatoms. The molecule has 0 radical (unpaired) electrons. The molecule has 0 unspecified atom stereocenters. The number of amides is 1. The smallest absolute Gasteiger partial charge is 0.254 e. The highest BCUT2D eigenvalue weighted by Gasteiger charge is 2.13. The van der Waals surface area contributed by atoms with Gasteiger partial charge in [-0.1, -0.05) is 11.6 Å². The SMILES string of the molecule is CCOc1c(Cl)cc(CNC(=O)c2coc(CN)c2)cc1OC. The van der Waals surface area contributed by atoms with Crippen LogP contribution < -0.4 is 20.5 Å². The molecule has 2 rings (SSSR count). The molecule has 6 nitrogen and oxygen atoms in total. The van der Waals surface area contributed by atoms with E-state index >= 15 is 0 Å². The first-order valence-corrected chi connectivity index (χ1v) is 7.51. The van der Waals surface area contributed by atoms with E-state index < -0.39 is 0 Å². The minimum absolute atomic E-state index is 0.249. The van der Waals surface area contributed by atoms with Gasteiger partial charge in [-0.2, -0.15) is 0 Å². The highest BCUT2D eigenvalue weighted by Crippen LogP contribution is 2.36. The first kappa shape index (κ1) is 17.2. The van der Waals surface area contributed by atoms with Crippen LogP contribution in [0.15, 0.2) is 28.9 Å². The zero-order chi connectivity index (χ0) is 16.8. The molecule has 1 aromatic heterocycles. The van der Waals surface area contributed by atoms with Crippen molar-refractivity contribution in [3.05, 3.63) is 46.4 Å². The third-order valence-electron chi connectivity index (χ3n) is 3.15. The van der Waals surface area contributed by atoms with Crippen molar-refractivity contribution in [2.45, 2.75) is 20.0 Å². The number of nitrogens with two attached hydrogens (primary N) is 1. The molecule has 0 spiro atoms. The van der Waals surface area contributed by atoms with Crippen LogP contribution >= 0.6 is 11.6 Å². The summed E-state index contributed by atoms with van der Waals surface area (Å²) in [4.78, 5) is 12.1. The number of nitrogens with one attached hydrogen (secondary N) is 1. The summed E-state index contributed by atoms with van der Waals surface area (Å²) < 4.78 is 15.9. The molecule has 23 heavy (non-hydrogen) atoms. The van der Waals surface area contributed by atoms with Crippen LogP contribution in [0.3, 0.4) is 0 Å². The summed E-state index contributed by atoms with van der Waals surface area (Å²) in [5.41, 5.74) is 6.67. The van der Waals surface area contributed by atoms with Crippen molar-refractivity contribution in [3.63, 3.8) is 0 Å². The van der Waals surface area contributed by atoms with Gasteiger partial charge in [0.25, 0.3) is 5.91 Å². The number of furan rings is 1. The summed E-state index contributed by atoms with van der Waals surface area (Å²) in [5, 5.41) is 3.22. The second-order valence-electron chi connectivity index (χ2n) is 4.73. The van der Waals surface area contributed by atoms with Crippen LogP contribution in [-0.4, -0.2) is 19.6 Å². The minimum atomic E-state index is -0.252. The van der Waals surface area contributed by atoms with Crippen LogP contribution in [0.4, 0.5) is 0 Å². The maximum Gasteiger partial charge on any atom is 0.254 e. The minimum Gasteiger partial charge on any atom is -0.493 e. The molecule has 0 saturated carbocycles. The van der Waals surface area contributed by atoms with E-state index in [0.29, 0.717) is 41.0 Å². The summed E-state index contributed by atoms with van der Waals surface area (Å²) in [6, 6.07) is 5.12. The lowest BCUT2D eigenvalue weighted by atomic mass is 10.2. The predicted molar refractivity (Wildman–Crippen MR) is 86.9 cm³/mol. The summed E-state index contributed by atoms with van der Waals surface area (Å²) in [7, 11) is 1.54. The van der Waals surface area contributed by atoms with E-state index in [0.717, 1.165) is 5.56 Å². The maximum absolute atomic E-state index is 12.1. The van der Waals surface area contributed by atoms with Crippen LogP contribution in [0.5, 0.6) is 11.5 Å². The summed E-state index contributed by atoms with van der Waals surface area (Å²) in [6.07, 6.45) is 1.38. The van der Waals surface area contributed by atoms with Crippen molar-refractivity contribution < 1.29 is 18.7 Å². The van der Waals surface area contributed by atoms with Gasteiger partial charge >= 0.3 is 0 Å². The van der Waals surface area contributed by atoms with E-state index in [1.54, 1.807) is 18.2 Å². The fraction of sp³-hybridized carbons (Fsp3) is 0.312. The quantitative estimate of drug-likeness (QED) is 0.810. The van der Waals surface area contributed by atoms with Crippen molar-refractivity contribution in [1.29, 1.82) is 0 Å². The Morgan fingerprint density at radius 1 is 1.39 bits per heavy atom. The van der Waals surface area contributed by atoms with E-state index in [1.807, 2.05) is 6.92 Å². The van der Waals surface area contributed by atoms with Crippen LogP contribution in [0, 0.1) is 0 Å². The molecule has 0 atom stereocenters. The zero-order valence-electron chi connectivity index (χ0n) is 13.0. The molecule has 1 amide bonds. The molecule has 124 valence electrons. The third kappa shape index (κ3) is 4.18. The molecule has 0 bridgehead atoms. The fourth-order valence-electron chi connectivity index (χ4n) is 2.05. The molecule has 1 heterocycles. The molecule has 0 aliphatic rings. The second-order valence-corrected chi connectivity index (χ2v) is 5.14. The van der Waals surface area contributed by atoms with Gasteiger partial charge in [-0.05, 0) is 30.7 Å². The number of halogens is 1. The van der Waals surface area contributed by atoms with E-state index in [2.05, 4.69) is 5.32 Å². The van der Waals surface area contributed by atoms with Crippen molar-refractivity contribution in [2.75, 3.05) is 13.7 Å². The topological polar surface area (TPSA) is 86.7 Å². The summed E-state index contributed by atoms with van der Waals surface area (Å²) in [6.45, 7) is 2.89. The normalized spacial score (nSPS) is 10.4. The van der Waals surface area contributed by atoms with Gasteiger partial charge in [0.15, 0.2) is 11.5 Å². The lowest BCUT2D eigenvalue weighted by Crippen LogP contribution is -2.22. The number of benzene rings is 1.